The molecule has 0 aromatic heterocycles. The topological polar surface area (TPSA) is 0 Å². The molecule has 1 saturated carbocycles. The third kappa shape index (κ3) is 3.73. The molecule has 0 unspecified atom stereocenters. The second-order valence-electron chi connectivity index (χ2n) is 5.05. The van der Waals surface area contributed by atoms with Crippen LogP contribution >= 0.6 is 0 Å². The Morgan fingerprint density at radius 2 is 1.59 bits per heavy atom. The molecule has 17 heavy (non-hydrogen) atoms. The Morgan fingerprint density at radius 3 is 2.12 bits per heavy atom. The van der Waals surface area contributed by atoms with Gasteiger partial charge < -0.3 is 0 Å². The van der Waals surface area contributed by atoms with Crippen LogP contribution in [0.1, 0.15) is 57.1 Å². The molecule has 1 aromatic rings. The van der Waals surface area contributed by atoms with Crippen LogP contribution in [0.3, 0.4) is 0 Å². The van der Waals surface area contributed by atoms with Gasteiger partial charge in [-0.2, -0.15) is 0 Å². The van der Waals surface area contributed by atoms with Crippen molar-refractivity contribution in [3.05, 3.63) is 47.5 Å². The summed E-state index contributed by atoms with van der Waals surface area (Å²) in [6.07, 6.45) is 10.0. The number of allylic oxidation sites excluding steroid dienone is 2. The first-order valence-corrected chi connectivity index (χ1v) is 6.49. The van der Waals surface area contributed by atoms with E-state index in [0.717, 1.165) is 11.8 Å². The fraction of sp³-hybridized carbons (Fsp3) is 0.529. The minimum absolute atomic E-state index is 0. The molecule has 0 amide bonds. The highest BCUT2D eigenvalue weighted by Crippen LogP contribution is 2.36. The van der Waals surface area contributed by atoms with Crippen molar-refractivity contribution in [3.63, 3.8) is 0 Å². The molecule has 94 valence electrons. The van der Waals surface area contributed by atoms with Crippen molar-refractivity contribution in [2.45, 2.75) is 52.9 Å². The largest absolute Gasteiger partial charge is 0.0914 e. The van der Waals surface area contributed by atoms with Crippen molar-refractivity contribution in [2.75, 3.05) is 0 Å². The molecule has 0 N–H and O–H groups in total. The monoisotopic (exact) mass is 230 g/mol. The molecular formula is C17H26. The van der Waals surface area contributed by atoms with Crippen LogP contribution in [0.5, 0.6) is 0 Å². The molecule has 0 nitrogen and oxygen atoms in total. The third-order valence-electron chi connectivity index (χ3n) is 3.79. The van der Waals surface area contributed by atoms with Crippen LogP contribution in [-0.4, -0.2) is 0 Å². The van der Waals surface area contributed by atoms with E-state index < -0.39 is 0 Å². The van der Waals surface area contributed by atoms with Gasteiger partial charge in [-0.3, -0.25) is 0 Å². The van der Waals surface area contributed by atoms with Gasteiger partial charge in [0.15, 0.2) is 0 Å². The summed E-state index contributed by atoms with van der Waals surface area (Å²) in [5, 5.41) is 0. The average Bonchev–Trinajstić information content (AvgIpc) is 2.32. The second-order valence-corrected chi connectivity index (χ2v) is 5.05. The predicted molar refractivity (Wildman–Crippen MR) is 77.4 cm³/mol. The molecule has 0 radical (unpaired) electrons. The first kappa shape index (κ1) is 14.0. The van der Waals surface area contributed by atoms with E-state index in [9.17, 15) is 0 Å². The quantitative estimate of drug-likeness (QED) is 0.590. The Kier molecular flexibility index (Phi) is 5.47. The normalized spacial score (nSPS) is 24.6. The smallest absolute Gasteiger partial charge is 0.0162 e. The zero-order valence-corrected chi connectivity index (χ0v) is 10.4. The van der Waals surface area contributed by atoms with Crippen molar-refractivity contribution < 1.29 is 0 Å². The van der Waals surface area contributed by atoms with Crippen molar-refractivity contribution in [3.8, 4) is 0 Å². The summed E-state index contributed by atoms with van der Waals surface area (Å²) in [5.74, 6) is 1.65. The molecule has 0 heterocycles. The van der Waals surface area contributed by atoms with Crippen LogP contribution in [0, 0.1) is 12.8 Å². The fourth-order valence-corrected chi connectivity index (χ4v) is 2.76. The summed E-state index contributed by atoms with van der Waals surface area (Å²) in [6, 6.07) is 9.12. The maximum absolute atomic E-state index is 2.38. The molecule has 2 rings (SSSR count). The van der Waals surface area contributed by atoms with Gasteiger partial charge in [0.2, 0.25) is 0 Å². The molecule has 1 aromatic carbocycles. The Balaban J connectivity index is 0.00000144. The lowest BCUT2D eigenvalue weighted by atomic mass is 9.78. The van der Waals surface area contributed by atoms with Gasteiger partial charge in [-0.05, 0) is 56.9 Å². The number of rotatable bonds is 2. The fourth-order valence-electron chi connectivity index (χ4n) is 2.76. The first-order valence-electron chi connectivity index (χ1n) is 6.49. The van der Waals surface area contributed by atoms with Crippen molar-refractivity contribution in [1.82, 2.24) is 0 Å². The minimum atomic E-state index is 0. The predicted octanol–water partition coefficient (Wildman–Crippen LogP) is 5.48. The summed E-state index contributed by atoms with van der Waals surface area (Å²) in [5.41, 5.74) is 2.91. The van der Waals surface area contributed by atoms with E-state index in [1.54, 1.807) is 5.56 Å². The summed E-state index contributed by atoms with van der Waals surface area (Å²) in [7, 11) is 0. The maximum Gasteiger partial charge on any atom is -0.0162 e. The van der Waals surface area contributed by atoms with Gasteiger partial charge in [-0.15, -0.1) is 0 Å². The highest BCUT2D eigenvalue weighted by atomic mass is 14.2. The van der Waals surface area contributed by atoms with Gasteiger partial charge in [0.1, 0.15) is 0 Å². The molecule has 0 aliphatic heterocycles. The summed E-state index contributed by atoms with van der Waals surface area (Å²) >= 11 is 0. The molecular weight excluding hydrogens is 204 g/mol. The summed E-state index contributed by atoms with van der Waals surface area (Å²) in [4.78, 5) is 0. The number of hydrogen-bond acceptors (Lipinski definition) is 0. The average molecular weight is 230 g/mol. The summed E-state index contributed by atoms with van der Waals surface area (Å²) < 4.78 is 0. The van der Waals surface area contributed by atoms with Crippen LogP contribution < -0.4 is 0 Å². The Hall–Kier alpha value is -1.04. The van der Waals surface area contributed by atoms with Gasteiger partial charge >= 0.3 is 0 Å². The number of benzene rings is 1. The number of hydrogen-bond donors (Lipinski definition) is 0. The molecule has 1 aliphatic carbocycles. The van der Waals surface area contributed by atoms with Crippen molar-refractivity contribution >= 4 is 0 Å². The molecule has 1 aliphatic rings. The molecule has 0 saturated heterocycles. The van der Waals surface area contributed by atoms with E-state index in [2.05, 4.69) is 50.3 Å². The lowest BCUT2D eigenvalue weighted by Crippen LogP contribution is -2.11. The zero-order valence-electron chi connectivity index (χ0n) is 10.4. The Labute approximate surface area is 107 Å². The van der Waals surface area contributed by atoms with E-state index in [-0.39, 0.29) is 7.43 Å². The molecule has 0 atom stereocenters. The van der Waals surface area contributed by atoms with Gasteiger partial charge in [0.25, 0.3) is 0 Å². The molecule has 0 heteroatoms. The van der Waals surface area contributed by atoms with E-state index in [1.807, 2.05) is 0 Å². The van der Waals surface area contributed by atoms with E-state index in [1.165, 1.54) is 31.2 Å². The highest BCUT2D eigenvalue weighted by Gasteiger charge is 2.20. The van der Waals surface area contributed by atoms with Crippen LogP contribution in [-0.2, 0) is 0 Å². The van der Waals surface area contributed by atoms with Crippen molar-refractivity contribution in [1.29, 1.82) is 0 Å². The molecule has 0 bridgehead atoms. The van der Waals surface area contributed by atoms with Gasteiger partial charge in [-0.1, -0.05) is 49.4 Å². The standard InChI is InChI=1S/C16H22.CH4/c1-3-4-14-7-11-16(12-8-14)15-9-5-13(2)6-10-15;/h3-6,9-10,14,16H,7-8,11-12H2,1-2H3;1H4. The molecule has 1 fully saturated rings. The van der Waals surface area contributed by atoms with Crippen LogP contribution in [0.2, 0.25) is 0 Å². The van der Waals surface area contributed by atoms with Gasteiger partial charge in [-0.25, -0.2) is 0 Å². The van der Waals surface area contributed by atoms with E-state index in [4.69, 9.17) is 0 Å². The SMILES string of the molecule is C.CC=CC1CCC(c2ccc(C)cc2)CC1. The van der Waals surface area contributed by atoms with Crippen LogP contribution in [0.15, 0.2) is 36.4 Å². The van der Waals surface area contributed by atoms with Crippen molar-refractivity contribution in [2.24, 2.45) is 5.92 Å². The highest BCUT2D eigenvalue weighted by molar-refractivity contribution is 5.24. The second kappa shape index (κ2) is 6.64. The van der Waals surface area contributed by atoms with Gasteiger partial charge in [0.05, 0.1) is 0 Å². The number of aryl methyl sites for hydroxylation is 1. The zero-order chi connectivity index (χ0) is 11.4. The molecule has 0 spiro atoms. The van der Waals surface area contributed by atoms with Crippen LogP contribution in [0.4, 0.5) is 0 Å². The third-order valence-corrected chi connectivity index (χ3v) is 3.79. The van der Waals surface area contributed by atoms with E-state index >= 15 is 0 Å². The van der Waals surface area contributed by atoms with Crippen LogP contribution in [0.25, 0.3) is 0 Å². The Bertz CT molecular complexity index is 337. The maximum atomic E-state index is 2.38. The lowest BCUT2D eigenvalue weighted by molar-refractivity contribution is 0.375. The Morgan fingerprint density at radius 1 is 1.00 bits per heavy atom. The van der Waals surface area contributed by atoms with Gasteiger partial charge in [0, 0.05) is 0 Å². The minimum Gasteiger partial charge on any atom is -0.0914 e. The van der Waals surface area contributed by atoms with E-state index in [0.29, 0.717) is 0 Å². The first-order chi connectivity index (χ1) is 7.79. The summed E-state index contributed by atoms with van der Waals surface area (Å²) in [6.45, 7) is 4.29. The lowest BCUT2D eigenvalue weighted by Gasteiger charge is -2.27.